The fourth-order valence-corrected chi connectivity index (χ4v) is 1.20. The van der Waals surface area contributed by atoms with Crippen molar-refractivity contribution in [1.82, 2.24) is 5.32 Å². The van der Waals surface area contributed by atoms with E-state index in [9.17, 15) is 5.11 Å². The molecule has 0 amide bonds. The molecule has 3 N–H and O–H groups in total. The van der Waals surface area contributed by atoms with E-state index in [1.807, 2.05) is 34.6 Å². The van der Waals surface area contributed by atoms with Gasteiger partial charge in [-0.05, 0) is 26.7 Å². The maximum absolute atomic E-state index is 9.67. The zero-order valence-corrected chi connectivity index (χ0v) is 11.2. The second-order valence-electron chi connectivity index (χ2n) is 5.52. The standard InChI is InChI=1S/C12H27NO3/c1-9(2)11(7-14)13-6-10(15)8-16-12(3,4)5/h9-11,13-15H,6-8H2,1-5H3/t10?,11-/m1/s1. The Kier molecular flexibility index (Phi) is 7.15. The van der Waals surface area contributed by atoms with Gasteiger partial charge in [0.05, 0.1) is 24.9 Å². The summed E-state index contributed by atoms with van der Waals surface area (Å²) >= 11 is 0. The summed E-state index contributed by atoms with van der Waals surface area (Å²) in [4.78, 5) is 0. The molecule has 0 radical (unpaired) electrons. The zero-order valence-electron chi connectivity index (χ0n) is 11.2. The van der Waals surface area contributed by atoms with Gasteiger partial charge in [0.2, 0.25) is 0 Å². The summed E-state index contributed by atoms with van der Waals surface area (Å²) in [6.45, 7) is 10.8. The van der Waals surface area contributed by atoms with Gasteiger partial charge in [-0.15, -0.1) is 0 Å². The third-order valence-corrected chi connectivity index (χ3v) is 2.33. The van der Waals surface area contributed by atoms with Gasteiger partial charge < -0.3 is 20.3 Å². The van der Waals surface area contributed by atoms with Crippen molar-refractivity contribution >= 4 is 0 Å². The van der Waals surface area contributed by atoms with Crippen LogP contribution < -0.4 is 5.32 Å². The molecule has 2 atom stereocenters. The van der Waals surface area contributed by atoms with Gasteiger partial charge in [0.15, 0.2) is 0 Å². The van der Waals surface area contributed by atoms with Gasteiger partial charge in [0.1, 0.15) is 0 Å². The molecule has 1 unspecified atom stereocenters. The molecule has 0 aliphatic rings. The van der Waals surface area contributed by atoms with Crippen molar-refractivity contribution in [3.8, 4) is 0 Å². The summed E-state index contributed by atoms with van der Waals surface area (Å²) in [6, 6.07) is 0.0317. The van der Waals surface area contributed by atoms with E-state index in [1.54, 1.807) is 0 Å². The average molecular weight is 233 g/mol. The molecule has 0 aromatic carbocycles. The van der Waals surface area contributed by atoms with Crippen molar-refractivity contribution in [2.75, 3.05) is 19.8 Å². The SMILES string of the molecule is CC(C)[C@@H](CO)NCC(O)COC(C)(C)C. The zero-order chi connectivity index (χ0) is 12.8. The molecule has 0 aliphatic heterocycles. The van der Waals surface area contributed by atoms with E-state index < -0.39 is 6.10 Å². The lowest BCUT2D eigenvalue weighted by atomic mass is 10.1. The molecule has 98 valence electrons. The second kappa shape index (κ2) is 7.22. The summed E-state index contributed by atoms with van der Waals surface area (Å²) in [5, 5.41) is 21.9. The molecule has 0 aliphatic carbocycles. The van der Waals surface area contributed by atoms with Crippen LogP contribution in [0.25, 0.3) is 0 Å². The van der Waals surface area contributed by atoms with Gasteiger partial charge in [-0.25, -0.2) is 0 Å². The number of aliphatic hydroxyl groups excluding tert-OH is 2. The maximum Gasteiger partial charge on any atom is 0.0898 e. The highest BCUT2D eigenvalue weighted by atomic mass is 16.5. The van der Waals surface area contributed by atoms with Crippen LogP contribution in [0.3, 0.4) is 0 Å². The molecule has 4 nitrogen and oxygen atoms in total. The van der Waals surface area contributed by atoms with Crippen LogP contribution in [0.15, 0.2) is 0 Å². The van der Waals surface area contributed by atoms with Crippen molar-refractivity contribution in [3.63, 3.8) is 0 Å². The fraction of sp³-hybridized carbons (Fsp3) is 1.00. The van der Waals surface area contributed by atoms with Gasteiger partial charge in [-0.3, -0.25) is 0 Å². The molecule has 0 fully saturated rings. The average Bonchev–Trinajstić information content (AvgIpc) is 2.14. The fourth-order valence-electron chi connectivity index (χ4n) is 1.20. The smallest absolute Gasteiger partial charge is 0.0898 e. The summed E-state index contributed by atoms with van der Waals surface area (Å²) in [6.07, 6.45) is -0.535. The number of nitrogens with one attached hydrogen (secondary N) is 1. The molecule has 0 heterocycles. The highest BCUT2D eigenvalue weighted by Crippen LogP contribution is 2.07. The summed E-state index contributed by atoms with van der Waals surface area (Å²) in [5.74, 6) is 0.348. The van der Waals surface area contributed by atoms with E-state index >= 15 is 0 Å². The quantitative estimate of drug-likeness (QED) is 0.608. The van der Waals surface area contributed by atoms with Crippen molar-refractivity contribution in [2.45, 2.75) is 52.4 Å². The Hall–Kier alpha value is -0.160. The monoisotopic (exact) mass is 233 g/mol. The Bertz CT molecular complexity index is 178. The predicted molar refractivity (Wildman–Crippen MR) is 65.4 cm³/mol. The lowest BCUT2D eigenvalue weighted by Gasteiger charge is -2.24. The van der Waals surface area contributed by atoms with Crippen molar-refractivity contribution < 1.29 is 14.9 Å². The molecular weight excluding hydrogens is 206 g/mol. The van der Waals surface area contributed by atoms with Crippen LogP contribution in [-0.2, 0) is 4.74 Å². The molecule has 4 heteroatoms. The second-order valence-corrected chi connectivity index (χ2v) is 5.52. The van der Waals surface area contributed by atoms with E-state index in [2.05, 4.69) is 5.32 Å². The number of hydrogen-bond acceptors (Lipinski definition) is 4. The molecule has 0 bridgehead atoms. The number of aliphatic hydroxyl groups is 2. The molecule has 0 saturated carbocycles. The van der Waals surface area contributed by atoms with Crippen LogP contribution in [-0.4, -0.2) is 47.7 Å². The van der Waals surface area contributed by atoms with Gasteiger partial charge in [0, 0.05) is 12.6 Å². The summed E-state index contributed by atoms with van der Waals surface area (Å²) in [5.41, 5.74) is -0.227. The van der Waals surface area contributed by atoms with Crippen LogP contribution in [0.4, 0.5) is 0 Å². The first-order valence-corrected chi connectivity index (χ1v) is 5.92. The molecule has 0 rings (SSSR count). The van der Waals surface area contributed by atoms with E-state index in [0.717, 1.165) is 0 Å². The van der Waals surface area contributed by atoms with Gasteiger partial charge in [0.25, 0.3) is 0 Å². The Morgan fingerprint density at radius 1 is 1.25 bits per heavy atom. The van der Waals surface area contributed by atoms with E-state index in [1.165, 1.54) is 0 Å². The van der Waals surface area contributed by atoms with E-state index in [0.29, 0.717) is 19.1 Å². The maximum atomic E-state index is 9.67. The summed E-state index contributed by atoms with van der Waals surface area (Å²) in [7, 11) is 0. The highest BCUT2D eigenvalue weighted by Gasteiger charge is 2.16. The van der Waals surface area contributed by atoms with E-state index in [-0.39, 0.29) is 18.2 Å². The number of rotatable bonds is 7. The lowest BCUT2D eigenvalue weighted by molar-refractivity contribution is -0.0489. The third-order valence-electron chi connectivity index (χ3n) is 2.33. The van der Waals surface area contributed by atoms with Crippen LogP contribution in [0.5, 0.6) is 0 Å². The first kappa shape index (κ1) is 15.8. The van der Waals surface area contributed by atoms with Crippen molar-refractivity contribution in [3.05, 3.63) is 0 Å². The largest absolute Gasteiger partial charge is 0.395 e. The minimum atomic E-state index is -0.535. The van der Waals surface area contributed by atoms with E-state index in [4.69, 9.17) is 9.84 Å². The minimum absolute atomic E-state index is 0.0317. The minimum Gasteiger partial charge on any atom is -0.395 e. The van der Waals surface area contributed by atoms with Crippen molar-refractivity contribution in [1.29, 1.82) is 0 Å². The molecule has 0 aromatic rings. The Balaban J connectivity index is 3.75. The van der Waals surface area contributed by atoms with Gasteiger partial charge in [-0.2, -0.15) is 0 Å². The first-order chi connectivity index (χ1) is 7.26. The predicted octanol–water partition coefficient (Wildman–Crippen LogP) is 0.769. The Morgan fingerprint density at radius 3 is 2.19 bits per heavy atom. The van der Waals surface area contributed by atoms with Crippen LogP contribution >= 0.6 is 0 Å². The molecule has 0 aromatic heterocycles. The van der Waals surface area contributed by atoms with Gasteiger partial charge >= 0.3 is 0 Å². The first-order valence-electron chi connectivity index (χ1n) is 5.92. The molecule has 0 spiro atoms. The normalized spacial score (nSPS) is 16.5. The van der Waals surface area contributed by atoms with Crippen LogP contribution in [0.2, 0.25) is 0 Å². The third kappa shape index (κ3) is 8.05. The highest BCUT2D eigenvalue weighted by molar-refractivity contribution is 4.72. The van der Waals surface area contributed by atoms with Crippen molar-refractivity contribution in [2.24, 2.45) is 5.92 Å². The van der Waals surface area contributed by atoms with Crippen LogP contribution in [0.1, 0.15) is 34.6 Å². The van der Waals surface area contributed by atoms with Crippen LogP contribution in [0, 0.1) is 5.92 Å². The number of ether oxygens (including phenoxy) is 1. The molecule has 16 heavy (non-hydrogen) atoms. The topological polar surface area (TPSA) is 61.7 Å². The van der Waals surface area contributed by atoms with Gasteiger partial charge in [-0.1, -0.05) is 13.8 Å². The lowest BCUT2D eigenvalue weighted by Crippen LogP contribution is -2.43. The Morgan fingerprint density at radius 2 is 1.81 bits per heavy atom. The Labute approximate surface area is 99.0 Å². The summed E-state index contributed by atoms with van der Waals surface area (Å²) < 4.78 is 5.47. The molecule has 0 saturated heterocycles. The molecular formula is C12H27NO3. The number of hydrogen-bond donors (Lipinski definition) is 3.